The lowest BCUT2D eigenvalue weighted by Gasteiger charge is -2.47. The summed E-state index contributed by atoms with van der Waals surface area (Å²) in [7, 11) is 0. The monoisotopic (exact) mass is 807 g/mol. The Kier molecular flexibility index (Phi) is 13.3. The van der Waals surface area contributed by atoms with E-state index < -0.39 is 11.5 Å². The zero-order valence-electron chi connectivity index (χ0n) is 33.9. The first kappa shape index (κ1) is 41.6. The molecular formula is C48H58ClN3O6. The Morgan fingerprint density at radius 2 is 1.81 bits per heavy atom. The van der Waals surface area contributed by atoms with Crippen molar-refractivity contribution in [3.05, 3.63) is 118 Å². The molecule has 4 N–H and O–H groups in total. The van der Waals surface area contributed by atoms with Crippen molar-refractivity contribution in [2.24, 2.45) is 11.8 Å². The van der Waals surface area contributed by atoms with Crippen molar-refractivity contribution in [3.63, 3.8) is 0 Å². The van der Waals surface area contributed by atoms with Gasteiger partial charge in [0.1, 0.15) is 17.0 Å². The number of aliphatic hydroxyl groups excluding tert-OH is 1. The van der Waals surface area contributed by atoms with Crippen LogP contribution in [0.2, 0.25) is 5.02 Å². The number of pyridine rings is 1. The van der Waals surface area contributed by atoms with Crippen LogP contribution in [0.1, 0.15) is 106 Å². The molecule has 3 aliphatic carbocycles. The second-order valence-corrected chi connectivity index (χ2v) is 17.5. The Bertz CT molecular complexity index is 2030. The number of ether oxygens (including phenoxy) is 2. The molecule has 0 bridgehead atoms. The van der Waals surface area contributed by atoms with Gasteiger partial charge in [-0.3, -0.25) is 9.78 Å². The second-order valence-electron chi connectivity index (χ2n) is 17.1. The number of aromatic nitrogens is 1. The van der Waals surface area contributed by atoms with Crippen molar-refractivity contribution in [1.29, 1.82) is 0 Å². The summed E-state index contributed by atoms with van der Waals surface area (Å²) < 4.78 is 12.9. The highest BCUT2D eigenvalue weighted by atomic mass is 35.5. The van der Waals surface area contributed by atoms with Crippen molar-refractivity contribution >= 4 is 29.2 Å². The Labute approximate surface area is 347 Å². The van der Waals surface area contributed by atoms with Crippen molar-refractivity contribution in [2.75, 3.05) is 25.1 Å². The summed E-state index contributed by atoms with van der Waals surface area (Å²) in [5.41, 5.74) is 5.42. The molecule has 1 amide bonds. The first-order valence-electron chi connectivity index (χ1n) is 21.2. The largest absolute Gasteiger partial charge is 0.494 e. The van der Waals surface area contributed by atoms with Crippen LogP contribution in [0.25, 0.3) is 0 Å². The number of rotatable bonds is 17. The number of carboxylic acid groups (broad SMARTS) is 1. The van der Waals surface area contributed by atoms with Gasteiger partial charge in [-0.15, -0.1) is 0 Å². The second kappa shape index (κ2) is 18.5. The lowest BCUT2D eigenvalue weighted by Crippen LogP contribution is -2.53. The molecule has 1 unspecified atom stereocenters. The van der Waals surface area contributed by atoms with Gasteiger partial charge in [0.15, 0.2) is 0 Å². The number of hydrogen-bond acceptors (Lipinski definition) is 7. The first-order chi connectivity index (χ1) is 28.1. The van der Waals surface area contributed by atoms with Crippen LogP contribution < -0.4 is 20.1 Å². The number of nitrogens with one attached hydrogen (secondary N) is 2. The van der Waals surface area contributed by atoms with Crippen molar-refractivity contribution in [2.45, 2.75) is 114 Å². The average molecular weight is 808 g/mol. The molecule has 1 saturated carbocycles. The number of carboxylic acids is 1. The van der Waals surface area contributed by atoms with Crippen molar-refractivity contribution in [1.82, 2.24) is 10.3 Å². The van der Waals surface area contributed by atoms with Gasteiger partial charge in [-0.25, -0.2) is 4.79 Å². The average Bonchev–Trinajstić information content (AvgIpc) is 3.50. The summed E-state index contributed by atoms with van der Waals surface area (Å²) in [6.45, 7) is 5.40. The van der Waals surface area contributed by atoms with Crippen LogP contribution in [0, 0.1) is 11.8 Å². The fourth-order valence-corrected chi connectivity index (χ4v) is 10.1. The van der Waals surface area contributed by atoms with Crippen molar-refractivity contribution in [3.8, 4) is 11.5 Å². The van der Waals surface area contributed by atoms with E-state index in [4.69, 9.17) is 21.1 Å². The van der Waals surface area contributed by atoms with E-state index in [9.17, 15) is 19.8 Å². The van der Waals surface area contributed by atoms with Gasteiger partial charge in [0.25, 0.3) is 0 Å². The highest BCUT2D eigenvalue weighted by Crippen LogP contribution is 2.57. The maximum atomic E-state index is 13.0. The fourth-order valence-electron chi connectivity index (χ4n) is 9.95. The number of carbonyl (C=O) groups is 2. The molecule has 1 heterocycles. The smallest absolute Gasteiger partial charge is 0.329 e. The highest BCUT2D eigenvalue weighted by Gasteiger charge is 2.54. The van der Waals surface area contributed by atoms with Gasteiger partial charge in [-0.1, -0.05) is 67.9 Å². The number of benzene rings is 3. The van der Waals surface area contributed by atoms with E-state index in [1.54, 1.807) is 12.1 Å². The number of aliphatic hydroxyl groups is 1. The van der Waals surface area contributed by atoms with E-state index in [0.29, 0.717) is 80.7 Å². The quantitative estimate of drug-likeness (QED) is 0.0778. The molecule has 0 radical (unpaired) electrons. The molecule has 10 heteroatoms. The Morgan fingerprint density at radius 3 is 2.57 bits per heavy atom. The van der Waals surface area contributed by atoms with E-state index in [1.807, 2.05) is 60.8 Å². The lowest BCUT2D eigenvalue weighted by atomic mass is 9.59. The Morgan fingerprint density at radius 1 is 1.00 bits per heavy atom. The van der Waals surface area contributed by atoms with Crippen LogP contribution in [-0.2, 0) is 34.3 Å². The van der Waals surface area contributed by atoms with Crippen LogP contribution >= 0.6 is 11.6 Å². The van der Waals surface area contributed by atoms with Gasteiger partial charge in [0.05, 0.1) is 25.9 Å². The lowest BCUT2D eigenvalue weighted by molar-refractivity contribution is -0.144. The minimum Gasteiger partial charge on any atom is -0.494 e. The number of aliphatic carboxylic acids is 1. The van der Waals surface area contributed by atoms with Gasteiger partial charge in [-0.05, 0) is 147 Å². The molecule has 4 aromatic rings. The summed E-state index contributed by atoms with van der Waals surface area (Å²) in [5, 5.41) is 27.5. The SMILES string of the molecule is C[C@@H](COc1ccnc2c1[C@H](C)CCC2)CC1Cc2ccc(OCCCC(=O)N[C@@H](CO)Cc3ccccc3)cc2C12CCC(Nc1cccc(Cl)c1)(C(=O)O)CC2. The maximum Gasteiger partial charge on any atom is 0.329 e. The number of nitrogens with zero attached hydrogens (tertiary/aromatic N) is 1. The summed E-state index contributed by atoms with van der Waals surface area (Å²) in [6.07, 6.45) is 10.8. The third-order valence-corrected chi connectivity index (χ3v) is 13.2. The molecule has 0 aliphatic heterocycles. The van der Waals surface area contributed by atoms with Crippen molar-refractivity contribution < 1.29 is 29.3 Å². The van der Waals surface area contributed by atoms with E-state index >= 15 is 0 Å². The van der Waals surface area contributed by atoms with E-state index in [0.717, 1.165) is 49.2 Å². The van der Waals surface area contributed by atoms with Gasteiger partial charge in [-0.2, -0.15) is 0 Å². The van der Waals surface area contributed by atoms with E-state index in [-0.39, 0.29) is 29.9 Å². The highest BCUT2D eigenvalue weighted by molar-refractivity contribution is 6.30. The Balaban J connectivity index is 1.04. The summed E-state index contributed by atoms with van der Waals surface area (Å²) in [6, 6.07) is 25.2. The molecule has 58 heavy (non-hydrogen) atoms. The maximum absolute atomic E-state index is 13.0. The topological polar surface area (TPSA) is 130 Å². The van der Waals surface area contributed by atoms with Crippen LogP contribution in [0.3, 0.4) is 0 Å². The molecule has 1 spiro atoms. The van der Waals surface area contributed by atoms with Gasteiger partial charge in [0.2, 0.25) is 5.91 Å². The third kappa shape index (κ3) is 9.47. The van der Waals surface area contributed by atoms with Crippen LogP contribution in [0.4, 0.5) is 5.69 Å². The molecule has 1 fully saturated rings. The van der Waals surface area contributed by atoms with Crippen LogP contribution in [0.15, 0.2) is 85.1 Å². The number of fused-ring (bicyclic) bond motifs is 3. The number of halogens is 1. The third-order valence-electron chi connectivity index (χ3n) is 13.0. The molecule has 4 atom stereocenters. The normalized spacial score (nSPS) is 23.3. The molecule has 3 aliphatic rings. The molecule has 1 aromatic heterocycles. The number of aryl methyl sites for hydroxylation is 1. The zero-order chi connectivity index (χ0) is 40.7. The van der Waals surface area contributed by atoms with E-state index in [1.165, 1.54) is 22.4 Å². The number of amides is 1. The molecule has 7 rings (SSSR count). The molecule has 308 valence electrons. The molecular weight excluding hydrogens is 750 g/mol. The van der Waals surface area contributed by atoms with E-state index in [2.05, 4.69) is 41.6 Å². The minimum atomic E-state index is -1.11. The van der Waals surface area contributed by atoms with Gasteiger partial charge in [0, 0.05) is 34.6 Å². The standard InChI is InChI=1S/C48H58ClN3O6/c1-32(31-58-43-18-23-50-42-14-6-9-33(2)45(42)43)25-36-27-35-16-17-40(57-24-8-15-44(54)51-39(30-53)26-34-10-4-3-5-11-34)29-41(35)47(36)19-21-48(22-20-47,46(55)56)52-38-13-7-12-37(49)28-38/h3-5,7,10-13,16-18,23,28-29,32-33,36,39,52-53H,6,8-9,14-15,19-22,24-27,30-31H2,1-2H3,(H,51,54)(H,55,56)/t32-,33-,36?,39-,47?,48?/m1/s1. The number of anilines is 1. The minimum absolute atomic E-state index is 0.110. The molecule has 9 nitrogen and oxygen atoms in total. The number of hydrogen-bond donors (Lipinski definition) is 4. The predicted octanol–water partition coefficient (Wildman–Crippen LogP) is 9.08. The molecule has 3 aromatic carbocycles. The summed E-state index contributed by atoms with van der Waals surface area (Å²) in [5.74, 6) is 1.78. The van der Waals surface area contributed by atoms with Gasteiger partial charge < -0.3 is 30.3 Å². The summed E-state index contributed by atoms with van der Waals surface area (Å²) >= 11 is 6.30. The molecule has 0 saturated heterocycles. The predicted molar refractivity (Wildman–Crippen MR) is 228 cm³/mol. The first-order valence-corrected chi connectivity index (χ1v) is 21.5. The number of carbonyl (C=O) groups excluding carboxylic acids is 1. The Hall–Kier alpha value is -4.60. The van der Waals surface area contributed by atoms with Gasteiger partial charge >= 0.3 is 5.97 Å². The fraction of sp³-hybridized carbons (Fsp3) is 0.479. The van der Waals surface area contributed by atoms with Crippen LogP contribution in [0.5, 0.6) is 11.5 Å². The zero-order valence-corrected chi connectivity index (χ0v) is 34.6. The van der Waals surface area contributed by atoms with Crippen LogP contribution in [-0.4, -0.2) is 58.5 Å². The summed E-state index contributed by atoms with van der Waals surface area (Å²) in [4.78, 5) is 30.5.